The predicted octanol–water partition coefficient (Wildman–Crippen LogP) is -4.50. The molecule has 23 heteroatoms. The summed E-state index contributed by atoms with van der Waals surface area (Å²) in [5.41, 5.74) is 0. The van der Waals surface area contributed by atoms with E-state index >= 15 is 0 Å². The number of hydrogen-bond donors (Lipinski definition) is 0. The summed E-state index contributed by atoms with van der Waals surface area (Å²) in [6.45, 7) is 0. The minimum absolute atomic E-state index is 0. The van der Waals surface area contributed by atoms with Crippen molar-refractivity contribution >= 4 is 49.5 Å². The van der Waals surface area contributed by atoms with Gasteiger partial charge in [0.2, 0.25) is 0 Å². The monoisotopic (exact) mass is 586 g/mol. The van der Waals surface area contributed by atoms with E-state index in [1.807, 2.05) is 0 Å². The van der Waals surface area contributed by atoms with Crippen molar-refractivity contribution in [3.8, 4) is 0 Å². The Bertz CT molecular complexity index is 320. The van der Waals surface area contributed by atoms with Crippen molar-refractivity contribution in [3.63, 3.8) is 0 Å². The van der Waals surface area contributed by atoms with Crippen LogP contribution >= 0.6 is 49.5 Å². The van der Waals surface area contributed by atoms with Crippen molar-refractivity contribution in [3.05, 3.63) is 0 Å². The average molecular weight is 588 g/mol. The quantitative estimate of drug-likeness (QED) is 0.209. The molecule has 0 aromatic carbocycles. The molecule has 15 nitrogen and oxygen atoms in total. The molecular weight excluding hydrogens is 582 g/mol. The Morgan fingerprint density at radius 2 is 0.522 bits per heavy atom. The maximum atomic E-state index is 9.29. The van der Waals surface area contributed by atoms with Crippen molar-refractivity contribution in [2.45, 2.75) is 0 Å². The van der Waals surface area contributed by atoms with Crippen LogP contribution in [0.25, 0.3) is 0 Å². The predicted molar refractivity (Wildman–Crippen MR) is 57.3 cm³/mol. The molecule has 0 radical (unpaired) electrons. The standard InChI is InChI=1S/3H4O5P2.Zn.Zr/c3*1-6(2)5-7(3)4;;/h3*6-7H,(H,1,2)(H,3,4);;/q;;;+2;+4/p-6. The molecule has 0 saturated heterocycles. The maximum Gasteiger partial charge on any atom is 4.00 e. The summed E-state index contributed by atoms with van der Waals surface area (Å²) >= 11 is 0. The van der Waals surface area contributed by atoms with Crippen LogP contribution in [0.4, 0.5) is 0 Å². The molecule has 0 spiro atoms. The summed E-state index contributed by atoms with van der Waals surface area (Å²) in [5, 5.41) is 0. The summed E-state index contributed by atoms with van der Waals surface area (Å²) in [4.78, 5) is 55.7. The van der Waals surface area contributed by atoms with E-state index in [0.29, 0.717) is 0 Å². The first-order valence-electron chi connectivity index (χ1n) is 3.67. The van der Waals surface area contributed by atoms with Gasteiger partial charge in [-0.15, -0.1) is 0 Å². The van der Waals surface area contributed by atoms with Crippen LogP contribution in [-0.4, -0.2) is 0 Å². The largest absolute Gasteiger partial charge is 4.00 e. The molecule has 0 N–H and O–H groups in total. The summed E-state index contributed by atoms with van der Waals surface area (Å²) in [7, 11) is -21.1. The number of hydrogen-bond acceptors (Lipinski definition) is 15. The minimum Gasteiger partial charge on any atom is -0.781 e. The zero-order valence-corrected chi connectivity index (χ0v) is 21.8. The van der Waals surface area contributed by atoms with Gasteiger partial charge in [0.25, 0.3) is 0 Å². The Kier molecular flexibility index (Phi) is 38.9. The van der Waals surface area contributed by atoms with Gasteiger partial charge in [-0.3, -0.25) is 12.9 Å². The van der Waals surface area contributed by atoms with Gasteiger partial charge in [-0.1, -0.05) is 0 Å². The molecule has 0 bridgehead atoms. The third-order valence-electron chi connectivity index (χ3n) is 0.500. The van der Waals surface area contributed by atoms with Gasteiger partial charge in [0.05, 0.1) is 0 Å². The Hall–Kier alpha value is 2.53. The molecule has 0 rings (SSSR count). The third-order valence-corrected chi connectivity index (χ3v) is 4.50. The van der Waals surface area contributed by atoms with Crippen LogP contribution in [-0.2, 0) is 86.0 Å². The van der Waals surface area contributed by atoms with Gasteiger partial charge in [-0.2, -0.15) is 0 Å². The molecule has 0 aromatic heterocycles. The molecule has 0 amide bonds. The van der Waals surface area contributed by atoms with E-state index in [4.69, 9.17) is 0 Å². The molecule has 0 saturated carbocycles. The van der Waals surface area contributed by atoms with E-state index < -0.39 is 49.5 Å². The van der Waals surface area contributed by atoms with Gasteiger partial charge in [0.15, 0.2) is 0 Å². The first-order valence-corrected chi connectivity index (χ1v) is 11.0. The SMILES string of the molecule is O=[PH]([O-])O[PH](=O)[O-].O=[PH]([O-])O[PH](=O)[O-].O=[PH]([O-])O[PH](=O)[O-].[Zn+2].[Zr+4]. The smallest absolute Gasteiger partial charge is 0.781 e. The van der Waals surface area contributed by atoms with Crippen LogP contribution in [0.15, 0.2) is 0 Å². The van der Waals surface area contributed by atoms with Crippen molar-refractivity contribution in [1.29, 1.82) is 0 Å². The fourth-order valence-electron chi connectivity index (χ4n) is 0.204. The van der Waals surface area contributed by atoms with Gasteiger partial charge < -0.3 is 56.8 Å². The Balaban J connectivity index is -0.0000000675. The summed E-state index contributed by atoms with van der Waals surface area (Å²) in [6.07, 6.45) is 0. The molecule has 0 aromatic rings. The van der Waals surface area contributed by atoms with Crippen molar-refractivity contribution in [2.75, 3.05) is 0 Å². The second-order valence-electron chi connectivity index (χ2n) is 1.81. The van der Waals surface area contributed by atoms with E-state index in [1.54, 1.807) is 0 Å². The molecule has 0 aliphatic carbocycles. The van der Waals surface area contributed by atoms with Crippen LogP contribution in [0.1, 0.15) is 0 Å². The van der Waals surface area contributed by atoms with Crippen molar-refractivity contribution < 1.29 is 115 Å². The molecular formula is H6O15P6ZnZr. The summed E-state index contributed by atoms with van der Waals surface area (Å²) < 4.78 is 65.4. The van der Waals surface area contributed by atoms with E-state index in [-0.39, 0.29) is 45.7 Å². The molecule has 0 aliphatic heterocycles. The van der Waals surface area contributed by atoms with Gasteiger partial charge in [-0.05, 0) is 0 Å². The van der Waals surface area contributed by atoms with Crippen LogP contribution < -0.4 is 29.4 Å². The van der Waals surface area contributed by atoms with E-state index in [2.05, 4.69) is 12.9 Å². The summed E-state index contributed by atoms with van der Waals surface area (Å²) in [5.74, 6) is 0. The van der Waals surface area contributed by atoms with Crippen LogP contribution in [0.3, 0.4) is 0 Å². The molecule has 0 fully saturated rings. The first-order chi connectivity index (χ1) is 9.38. The Morgan fingerprint density at radius 1 is 0.435 bits per heavy atom. The first kappa shape index (κ1) is 36.4. The van der Waals surface area contributed by atoms with Gasteiger partial charge >= 0.3 is 45.7 Å². The van der Waals surface area contributed by atoms with E-state index in [1.165, 1.54) is 0 Å². The van der Waals surface area contributed by atoms with Gasteiger partial charge in [0, 0.05) is 0 Å². The second kappa shape index (κ2) is 24.5. The molecule has 6 unspecified atom stereocenters. The van der Waals surface area contributed by atoms with Gasteiger partial charge in [-0.25, -0.2) is 0 Å². The average Bonchev–Trinajstić information content (AvgIpc) is 2.10. The summed E-state index contributed by atoms with van der Waals surface area (Å²) in [6, 6.07) is 0. The van der Waals surface area contributed by atoms with Crippen LogP contribution in [0.5, 0.6) is 0 Å². The topological polar surface area (TPSA) is 268 Å². The zero-order valence-electron chi connectivity index (χ0n) is 10.3. The van der Waals surface area contributed by atoms with E-state index in [9.17, 15) is 56.8 Å². The normalized spacial score (nSPS) is 17.0. The molecule has 6 atom stereocenters. The van der Waals surface area contributed by atoms with Gasteiger partial charge in [0.1, 0.15) is 49.5 Å². The maximum absolute atomic E-state index is 9.29. The Labute approximate surface area is 164 Å². The zero-order chi connectivity index (χ0) is 17.6. The fourth-order valence-corrected chi connectivity index (χ4v) is 1.84. The van der Waals surface area contributed by atoms with Crippen molar-refractivity contribution in [2.24, 2.45) is 0 Å². The van der Waals surface area contributed by atoms with Crippen molar-refractivity contribution in [1.82, 2.24) is 0 Å². The molecule has 0 heterocycles. The third kappa shape index (κ3) is 59.0. The minimum atomic E-state index is -3.51. The number of rotatable bonds is 6. The van der Waals surface area contributed by atoms with Crippen LogP contribution in [0, 0.1) is 0 Å². The second-order valence-corrected chi connectivity index (χ2v) is 7.26. The molecule has 132 valence electrons. The fraction of sp³-hybridized carbons (Fsp3) is 0. The Morgan fingerprint density at radius 3 is 0.522 bits per heavy atom. The molecule has 0 aliphatic rings. The van der Waals surface area contributed by atoms with E-state index in [0.717, 1.165) is 0 Å². The van der Waals surface area contributed by atoms with Crippen LogP contribution in [0.2, 0.25) is 0 Å². The molecule has 23 heavy (non-hydrogen) atoms.